The number of thioether (sulfide) groups is 1. The van der Waals surface area contributed by atoms with Crippen LogP contribution in [0.4, 0.5) is 4.79 Å². The molecule has 0 unspecified atom stereocenters. The highest BCUT2D eigenvalue weighted by Crippen LogP contribution is 2.34. The number of rotatable bonds is 7. The summed E-state index contributed by atoms with van der Waals surface area (Å²) in [6.07, 6.45) is 1.68. The van der Waals surface area contributed by atoms with Crippen molar-refractivity contribution in [2.24, 2.45) is 0 Å². The van der Waals surface area contributed by atoms with Gasteiger partial charge in [0.2, 0.25) is 0 Å². The van der Waals surface area contributed by atoms with Crippen molar-refractivity contribution >= 4 is 39.8 Å². The topological polar surface area (TPSA) is 65.1 Å². The first kappa shape index (κ1) is 20.8. The average molecular weight is 436 g/mol. The van der Waals surface area contributed by atoms with Crippen LogP contribution >= 0.6 is 11.8 Å². The molecule has 0 spiro atoms. The highest BCUT2D eigenvalue weighted by molar-refractivity contribution is 8.18. The fourth-order valence-electron chi connectivity index (χ4n) is 3.36. The van der Waals surface area contributed by atoms with E-state index >= 15 is 0 Å². The number of methoxy groups -OCH3 is 2. The van der Waals surface area contributed by atoms with E-state index in [1.807, 2.05) is 42.5 Å². The molecule has 4 rings (SSSR count). The normalized spacial score (nSPS) is 15.0. The molecular formula is C24H21NO5S. The van der Waals surface area contributed by atoms with Crippen LogP contribution in [-0.4, -0.2) is 43.4 Å². The fourth-order valence-corrected chi connectivity index (χ4v) is 4.22. The van der Waals surface area contributed by atoms with Gasteiger partial charge in [0.1, 0.15) is 12.4 Å². The number of fused-ring (bicyclic) bond motifs is 1. The first-order chi connectivity index (χ1) is 15.1. The molecule has 2 amide bonds. The number of benzene rings is 3. The lowest BCUT2D eigenvalue weighted by Gasteiger charge is -2.14. The van der Waals surface area contributed by atoms with E-state index in [0.717, 1.165) is 33.8 Å². The molecule has 31 heavy (non-hydrogen) atoms. The molecule has 3 aromatic rings. The molecule has 7 heteroatoms. The summed E-state index contributed by atoms with van der Waals surface area (Å²) in [5.74, 6) is 1.55. The van der Waals surface area contributed by atoms with Gasteiger partial charge in [-0.15, -0.1) is 0 Å². The van der Waals surface area contributed by atoms with Gasteiger partial charge in [-0.25, -0.2) is 0 Å². The number of amides is 2. The van der Waals surface area contributed by atoms with E-state index in [-0.39, 0.29) is 24.3 Å². The summed E-state index contributed by atoms with van der Waals surface area (Å²) in [7, 11) is 3.11. The largest absolute Gasteiger partial charge is 0.493 e. The van der Waals surface area contributed by atoms with Gasteiger partial charge in [-0.05, 0) is 47.0 Å². The van der Waals surface area contributed by atoms with Gasteiger partial charge in [0, 0.05) is 5.39 Å². The van der Waals surface area contributed by atoms with E-state index in [9.17, 15) is 9.59 Å². The average Bonchev–Trinajstić information content (AvgIpc) is 3.06. The summed E-state index contributed by atoms with van der Waals surface area (Å²) >= 11 is 0.920. The smallest absolute Gasteiger partial charge is 0.293 e. The standard InChI is InChI=1S/C24H21NO5S/c1-28-20-11-10-16(14-21(20)29-2)15-22-23(26)25(24(27)31-22)12-13-30-19-9-5-7-17-6-3-4-8-18(17)19/h3-11,14-15H,12-13H2,1-2H3/b22-15-. The predicted molar refractivity (Wildman–Crippen MR) is 122 cm³/mol. The Kier molecular flexibility index (Phi) is 6.13. The Morgan fingerprint density at radius 3 is 2.48 bits per heavy atom. The second-order valence-electron chi connectivity index (χ2n) is 6.77. The van der Waals surface area contributed by atoms with Gasteiger partial charge >= 0.3 is 0 Å². The van der Waals surface area contributed by atoms with Gasteiger partial charge in [-0.3, -0.25) is 14.5 Å². The third-order valence-electron chi connectivity index (χ3n) is 4.90. The molecule has 1 saturated heterocycles. The molecule has 0 aromatic heterocycles. The van der Waals surface area contributed by atoms with Crippen molar-refractivity contribution in [1.29, 1.82) is 0 Å². The third-order valence-corrected chi connectivity index (χ3v) is 5.81. The first-order valence-electron chi connectivity index (χ1n) is 9.68. The molecule has 0 aliphatic carbocycles. The van der Waals surface area contributed by atoms with Crippen molar-refractivity contribution in [3.05, 3.63) is 71.1 Å². The minimum absolute atomic E-state index is 0.178. The van der Waals surface area contributed by atoms with E-state index in [1.165, 1.54) is 4.90 Å². The Morgan fingerprint density at radius 1 is 0.903 bits per heavy atom. The number of carbonyl (C=O) groups excluding carboxylic acids is 2. The lowest BCUT2D eigenvalue weighted by molar-refractivity contribution is -0.123. The van der Waals surface area contributed by atoms with Crippen LogP contribution in [0.25, 0.3) is 16.8 Å². The van der Waals surface area contributed by atoms with Crippen molar-refractivity contribution < 1.29 is 23.8 Å². The van der Waals surface area contributed by atoms with E-state index in [2.05, 4.69) is 0 Å². The Hall–Kier alpha value is -3.45. The highest BCUT2D eigenvalue weighted by atomic mass is 32.2. The molecule has 0 atom stereocenters. The molecule has 0 N–H and O–H groups in total. The lowest BCUT2D eigenvalue weighted by Crippen LogP contribution is -2.32. The Balaban J connectivity index is 1.44. The molecule has 0 radical (unpaired) electrons. The van der Waals surface area contributed by atoms with Crippen LogP contribution in [0.15, 0.2) is 65.6 Å². The lowest BCUT2D eigenvalue weighted by atomic mass is 10.1. The second-order valence-corrected chi connectivity index (χ2v) is 7.77. The summed E-state index contributed by atoms with van der Waals surface area (Å²) in [6.45, 7) is 0.396. The monoisotopic (exact) mass is 435 g/mol. The molecular weight excluding hydrogens is 414 g/mol. The predicted octanol–water partition coefficient (Wildman–Crippen LogP) is 4.97. The van der Waals surface area contributed by atoms with Gasteiger partial charge < -0.3 is 14.2 Å². The zero-order valence-corrected chi connectivity index (χ0v) is 18.0. The van der Waals surface area contributed by atoms with Gasteiger partial charge in [0.15, 0.2) is 11.5 Å². The molecule has 3 aromatic carbocycles. The molecule has 1 aliphatic heterocycles. The minimum Gasteiger partial charge on any atom is -0.493 e. The quantitative estimate of drug-likeness (QED) is 0.488. The van der Waals surface area contributed by atoms with Crippen molar-refractivity contribution in [3.63, 3.8) is 0 Å². The summed E-state index contributed by atoms with van der Waals surface area (Å²) < 4.78 is 16.4. The number of carbonyl (C=O) groups is 2. The van der Waals surface area contributed by atoms with Crippen LogP contribution in [0.5, 0.6) is 17.2 Å². The molecule has 1 fully saturated rings. The van der Waals surface area contributed by atoms with Gasteiger partial charge in [-0.2, -0.15) is 0 Å². The van der Waals surface area contributed by atoms with E-state index in [1.54, 1.807) is 38.5 Å². The van der Waals surface area contributed by atoms with Crippen LogP contribution in [0, 0.1) is 0 Å². The molecule has 6 nitrogen and oxygen atoms in total. The zero-order chi connectivity index (χ0) is 21.8. The SMILES string of the molecule is COc1ccc(/C=C2\SC(=O)N(CCOc3cccc4ccccc34)C2=O)cc1OC. The zero-order valence-electron chi connectivity index (χ0n) is 17.2. The first-order valence-corrected chi connectivity index (χ1v) is 10.5. The Bertz CT molecular complexity index is 1170. The van der Waals surface area contributed by atoms with E-state index in [4.69, 9.17) is 14.2 Å². The maximum absolute atomic E-state index is 12.8. The summed E-state index contributed by atoms with van der Waals surface area (Å²) in [4.78, 5) is 26.7. The van der Waals surface area contributed by atoms with Crippen molar-refractivity contribution in [3.8, 4) is 17.2 Å². The summed E-state index contributed by atoms with van der Waals surface area (Å²) in [5.41, 5.74) is 0.746. The van der Waals surface area contributed by atoms with Crippen LogP contribution in [0.1, 0.15) is 5.56 Å². The van der Waals surface area contributed by atoms with Gasteiger partial charge in [0.05, 0.1) is 25.7 Å². The number of nitrogens with zero attached hydrogens (tertiary/aromatic N) is 1. The summed E-state index contributed by atoms with van der Waals surface area (Å²) in [5, 5.41) is 1.76. The van der Waals surface area contributed by atoms with Crippen LogP contribution in [0.2, 0.25) is 0 Å². The Labute approximate surface area is 184 Å². The number of ether oxygens (including phenoxy) is 3. The number of imide groups is 1. The third kappa shape index (κ3) is 4.36. The second kappa shape index (κ2) is 9.14. The number of hydrogen-bond donors (Lipinski definition) is 0. The molecule has 0 saturated carbocycles. The van der Waals surface area contributed by atoms with E-state index in [0.29, 0.717) is 16.4 Å². The highest BCUT2D eigenvalue weighted by Gasteiger charge is 2.34. The Morgan fingerprint density at radius 2 is 1.68 bits per heavy atom. The van der Waals surface area contributed by atoms with Crippen LogP contribution < -0.4 is 14.2 Å². The van der Waals surface area contributed by atoms with Crippen molar-refractivity contribution in [2.75, 3.05) is 27.4 Å². The molecule has 1 heterocycles. The number of hydrogen-bond acceptors (Lipinski definition) is 6. The summed E-state index contributed by atoms with van der Waals surface area (Å²) in [6, 6.07) is 19.0. The van der Waals surface area contributed by atoms with Crippen molar-refractivity contribution in [1.82, 2.24) is 4.90 Å². The van der Waals surface area contributed by atoms with Crippen molar-refractivity contribution in [2.45, 2.75) is 0 Å². The van der Waals surface area contributed by atoms with Gasteiger partial charge in [0.25, 0.3) is 11.1 Å². The van der Waals surface area contributed by atoms with Crippen LogP contribution in [-0.2, 0) is 4.79 Å². The fraction of sp³-hybridized carbons (Fsp3) is 0.167. The van der Waals surface area contributed by atoms with Crippen LogP contribution in [0.3, 0.4) is 0 Å². The maximum Gasteiger partial charge on any atom is 0.293 e. The van der Waals surface area contributed by atoms with E-state index < -0.39 is 0 Å². The molecule has 1 aliphatic rings. The maximum atomic E-state index is 12.8. The van der Waals surface area contributed by atoms with Gasteiger partial charge in [-0.1, -0.05) is 42.5 Å². The molecule has 158 valence electrons. The minimum atomic E-state index is -0.327. The molecule has 0 bridgehead atoms.